The summed E-state index contributed by atoms with van der Waals surface area (Å²) in [6.45, 7) is 0. The molecule has 62 valence electrons. The van der Waals surface area contributed by atoms with Crippen molar-refractivity contribution in [2.45, 2.75) is 0 Å². The summed E-state index contributed by atoms with van der Waals surface area (Å²) < 4.78 is 0. The molecule has 0 unspecified atom stereocenters. The summed E-state index contributed by atoms with van der Waals surface area (Å²) in [5, 5.41) is 9.11. The number of hydrogen-bond donors (Lipinski definition) is 1. The normalized spacial score (nSPS) is 11.4. The Labute approximate surface area is 76.3 Å². The van der Waals surface area contributed by atoms with Crippen molar-refractivity contribution in [3.8, 4) is 28.0 Å². The van der Waals surface area contributed by atoms with Crippen LogP contribution < -0.4 is 0 Å². The van der Waals surface area contributed by atoms with Crippen molar-refractivity contribution >= 4 is 0 Å². The van der Waals surface area contributed by atoms with E-state index in [1.807, 2.05) is 12.1 Å². The maximum Gasteiger partial charge on any atom is 0.115 e. The lowest BCUT2D eigenvalue weighted by atomic mass is 10.1. The predicted molar refractivity (Wildman–Crippen MR) is 52.5 cm³/mol. The van der Waals surface area contributed by atoms with Crippen LogP contribution in [0.25, 0.3) is 22.3 Å². The molecule has 0 saturated carbocycles. The lowest BCUT2D eigenvalue weighted by Crippen LogP contribution is -1.71. The summed E-state index contributed by atoms with van der Waals surface area (Å²) in [6, 6.07) is 13.8. The molecule has 0 aromatic heterocycles. The molecule has 0 saturated heterocycles. The molecule has 0 atom stereocenters. The van der Waals surface area contributed by atoms with E-state index in [-0.39, 0.29) is 0 Å². The maximum atomic E-state index is 9.11. The fourth-order valence-corrected chi connectivity index (χ4v) is 1.58. The van der Waals surface area contributed by atoms with Gasteiger partial charge in [-0.05, 0) is 52.6 Å². The van der Waals surface area contributed by atoms with Gasteiger partial charge in [0.05, 0.1) is 0 Å². The summed E-state index contributed by atoms with van der Waals surface area (Å²) in [7, 11) is 0. The van der Waals surface area contributed by atoms with E-state index in [1.54, 1.807) is 12.1 Å². The Morgan fingerprint density at radius 2 is 1.08 bits per heavy atom. The van der Waals surface area contributed by atoms with Crippen LogP contribution in [0.5, 0.6) is 5.75 Å². The monoisotopic (exact) mass is 168 g/mol. The molecular weight excluding hydrogens is 160 g/mol. The summed E-state index contributed by atoms with van der Waals surface area (Å²) in [4.78, 5) is 0. The molecule has 1 heteroatoms. The third-order valence-corrected chi connectivity index (χ3v) is 2.38. The van der Waals surface area contributed by atoms with Crippen molar-refractivity contribution in [2.75, 3.05) is 0 Å². The average Bonchev–Trinajstić information content (AvgIpc) is 2.75. The SMILES string of the molecule is Oc1ccc(-c2cc3cc-3c2)cc1. The average molecular weight is 168 g/mol. The smallest absolute Gasteiger partial charge is 0.115 e. The minimum absolute atomic E-state index is 0.319. The molecule has 0 fully saturated rings. The quantitative estimate of drug-likeness (QED) is 0.592. The topological polar surface area (TPSA) is 20.2 Å². The van der Waals surface area contributed by atoms with Crippen LogP contribution in [0.4, 0.5) is 0 Å². The Hall–Kier alpha value is -1.76. The van der Waals surface area contributed by atoms with E-state index in [4.69, 9.17) is 5.11 Å². The number of phenols is 1. The second-order valence-electron chi connectivity index (χ2n) is 3.35. The minimum Gasteiger partial charge on any atom is -0.508 e. The summed E-state index contributed by atoms with van der Waals surface area (Å²) in [6.07, 6.45) is 0. The van der Waals surface area contributed by atoms with Crippen LogP contribution in [0, 0.1) is 0 Å². The van der Waals surface area contributed by atoms with Gasteiger partial charge in [-0.1, -0.05) is 12.1 Å². The van der Waals surface area contributed by atoms with Gasteiger partial charge in [0, 0.05) is 0 Å². The molecule has 0 amide bonds. The van der Waals surface area contributed by atoms with Crippen molar-refractivity contribution in [1.82, 2.24) is 0 Å². The highest BCUT2D eigenvalue weighted by atomic mass is 16.3. The number of rotatable bonds is 1. The van der Waals surface area contributed by atoms with Gasteiger partial charge in [-0.3, -0.25) is 0 Å². The van der Waals surface area contributed by atoms with Gasteiger partial charge in [0.25, 0.3) is 0 Å². The van der Waals surface area contributed by atoms with Crippen LogP contribution in [-0.4, -0.2) is 5.11 Å². The molecule has 0 aliphatic heterocycles. The number of phenolic OH excluding ortho intramolecular Hbond substituents is 1. The number of hydrogen-bond acceptors (Lipinski definition) is 1. The van der Waals surface area contributed by atoms with Gasteiger partial charge < -0.3 is 5.11 Å². The second kappa shape index (κ2) is 2.13. The fourth-order valence-electron chi connectivity index (χ4n) is 1.58. The zero-order valence-electron chi connectivity index (χ0n) is 6.99. The molecular formula is C12H8O. The van der Waals surface area contributed by atoms with Crippen molar-refractivity contribution in [3.05, 3.63) is 42.5 Å². The predicted octanol–water partition coefficient (Wildman–Crippen LogP) is 3.04. The molecule has 1 aromatic carbocycles. The van der Waals surface area contributed by atoms with Crippen LogP contribution in [0.2, 0.25) is 0 Å². The molecule has 0 radical (unpaired) electrons. The third-order valence-electron chi connectivity index (χ3n) is 2.38. The van der Waals surface area contributed by atoms with Crippen molar-refractivity contribution in [3.63, 3.8) is 0 Å². The molecule has 13 heavy (non-hydrogen) atoms. The first-order chi connectivity index (χ1) is 6.33. The molecule has 2 aliphatic rings. The van der Waals surface area contributed by atoms with E-state index in [1.165, 1.54) is 22.3 Å². The van der Waals surface area contributed by atoms with Gasteiger partial charge in [0.1, 0.15) is 5.75 Å². The number of benzene rings is 2. The van der Waals surface area contributed by atoms with E-state index in [0.717, 1.165) is 0 Å². The van der Waals surface area contributed by atoms with Crippen molar-refractivity contribution in [1.29, 1.82) is 0 Å². The molecule has 1 N–H and O–H groups in total. The fraction of sp³-hybridized carbons (Fsp3) is 0. The van der Waals surface area contributed by atoms with Crippen LogP contribution >= 0.6 is 0 Å². The van der Waals surface area contributed by atoms with Gasteiger partial charge in [-0.15, -0.1) is 0 Å². The summed E-state index contributed by atoms with van der Waals surface area (Å²) >= 11 is 0. The first kappa shape index (κ1) is 6.72. The van der Waals surface area contributed by atoms with Crippen LogP contribution in [-0.2, 0) is 0 Å². The summed E-state index contributed by atoms with van der Waals surface area (Å²) in [5.41, 5.74) is 5.11. The van der Waals surface area contributed by atoms with Gasteiger partial charge in [0.2, 0.25) is 0 Å². The van der Waals surface area contributed by atoms with Gasteiger partial charge >= 0.3 is 0 Å². The molecule has 0 bridgehead atoms. The van der Waals surface area contributed by atoms with Crippen molar-refractivity contribution in [2.24, 2.45) is 0 Å². The largest absolute Gasteiger partial charge is 0.508 e. The standard InChI is InChI=1S/C12H8O/c13-12-3-1-8(2-4-12)9-5-10-7-11(10)6-9/h1-7,13H. The van der Waals surface area contributed by atoms with Crippen molar-refractivity contribution < 1.29 is 5.11 Å². The Kier molecular flexibility index (Phi) is 1.10. The highest BCUT2D eigenvalue weighted by molar-refractivity contribution is 5.89. The molecule has 1 nitrogen and oxygen atoms in total. The zero-order chi connectivity index (χ0) is 8.84. The second-order valence-corrected chi connectivity index (χ2v) is 3.35. The van der Waals surface area contributed by atoms with Gasteiger partial charge in [0.15, 0.2) is 0 Å². The van der Waals surface area contributed by atoms with Gasteiger partial charge in [-0.25, -0.2) is 0 Å². The molecule has 3 rings (SSSR count). The third kappa shape index (κ3) is 1.01. The number of aromatic hydroxyl groups is 1. The van der Waals surface area contributed by atoms with E-state index in [9.17, 15) is 0 Å². The Bertz CT molecular complexity index is 449. The van der Waals surface area contributed by atoms with E-state index in [2.05, 4.69) is 18.2 Å². The first-order valence-electron chi connectivity index (χ1n) is 4.28. The Balaban J connectivity index is 2.08. The molecule has 2 aliphatic carbocycles. The molecule has 0 heterocycles. The van der Waals surface area contributed by atoms with E-state index < -0.39 is 0 Å². The van der Waals surface area contributed by atoms with Crippen LogP contribution in [0.15, 0.2) is 42.5 Å². The Morgan fingerprint density at radius 3 is 1.62 bits per heavy atom. The molecule has 0 spiro atoms. The first-order valence-corrected chi connectivity index (χ1v) is 4.28. The van der Waals surface area contributed by atoms with Gasteiger partial charge in [-0.2, -0.15) is 0 Å². The lowest BCUT2D eigenvalue weighted by Gasteiger charge is -1.97. The van der Waals surface area contributed by atoms with Crippen LogP contribution in [0.1, 0.15) is 0 Å². The van der Waals surface area contributed by atoms with E-state index in [0.29, 0.717) is 5.75 Å². The highest BCUT2D eigenvalue weighted by Gasteiger charge is 2.14. The van der Waals surface area contributed by atoms with E-state index >= 15 is 0 Å². The lowest BCUT2D eigenvalue weighted by molar-refractivity contribution is 0.475. The minimum atomic E-state index is 0.319. The summed E-state index contributed by atoms with van der Waals surface area (Å²) in [5.74, 6) is 0.319. The van der Waals surface area contributed by atoms with Crippen LogP contribution in [0.3, 0.4) is 0 Å². The molecule has 1 aromatic rings. The Morgan fingerprint density at radius 1 is 0.615 bits per heavy atom. The maximum absolute atomic E-state index is 9.11. The highest BCUT2D eigenvalue weighted by Crippen LogP contribution is 2.40. The number of fused-ring (bicyclic) bond motifs is 1. The zero-order valence-corrected chi connectivity index (χ0v) is 6.99.